The summed E-state index contributed by atoms with van der Waals surface area (Å²) in [6, 6.07) is 5.37. The van der Waals surface area contributed by atoms with Gasteiger partial charge < -0.3 is 14.2 Å². The lowest BCUT2D eigenvalue weighted by molar-refractivity contribution is -0.129. The lowest BCUT2D eigenvalue weighted by atomic mass is 9.99. The van der Waals surface area contributed by atoms with Gasteiger partial charge in [-0.3, -0.25) is 9.59 Å². The molecule has 0 bridgehead atoms. The van der Waals surface area contributed by atoms with Crippen LogP contribution < -0.4 is 9.54 Å². The highest BCUT2D eigenvalue weighted by molar-refractivity contribution is 7.92. The van der Waals surface area contributed by atoms with Crippen molar-refractivity contribution in [2.45, 2.75) is 26.3 Å². The number of amides is 2. The number of carbonyl (C=O) groups excluding carboxylic acids is 2. The number of terminal acetylenes is 1. The number of nitrogens with zero attached hydrogens (tertiary/aromatic N) is 3. The maximum Gasteiger partial charge on any atom is 0.263 e. The first kappa shape index (κ1) is 23.0. The lowest BCUT2D eigenvalue weighted by Crippen LogP contribution is -2.41. The minimum absolute atomic E-state index is 0.178. The van der Waals surface area contributed by atoms with Gasteiger partial charge in [-0.05, 0) is 37.0 Å². The quantitative estimate of drug-likeness (QED) is 0.604. The third-order valence-corrected chi connectivity index (χ3v) is 7.60. The Morgan fingerprint density at radius 3 is 2.65 bits per heavy atom. The summed E-state index contributed by atoms with van der Waals surface area (Å²) in [7, 11) is -2.38. The summed E-state index contributed by atoms with van der Waals surface area (Å²) < 4.78 is 32.6. The molecule has 1 saturated heterocycles. The fraction of sp³-hybridized carbons (Fsp3) is 0.476. The number of sulfone groups is 1. The highest BCUT2D eigenvalue weighted by Gasteiger charge is 2.26. The van der Waals surface area contributed by atoms with Crippen LogP contribution in [0.5, 0.6) is 5.75 Å². The standard InChI is InChI=1S/C21H25N3O5S2/c1-4-9-24-17-6-5-16(29-3)12-18(17)30-21(24)22-19(25)13-31(27,28)14-20(26)23-10-7-15(2)8-11-23/h1,5-6,12,15H,7-11,13-14H2,2-3H3. The molecule has 8 nitrogen and oxygen atoms in total. The van der Waals surface area contributed by atoms with Crippen LogP contribution in [0.15, 0.2) is 23.2 Å². The Labute approximate surface area is 185 Å². The van der Waals surface area contributed by atoms with Crippen LogP contribution in [0.3, 0.4) is 0 Å². The van der Waals surface area contributed by atoms with Gasteiger partial charge in [0.25, 0.3) is 5.91 Å². The van der Waals surface area contributed by atoms with E-state index >= 15 is 0 Å². The van der Waals surface area contributed by atoms with Crippen LogP contribution in [0.2, 0.25) is 0 Å². The monoisotopic (exact) mass is 463 g/mol. The molecule has 3 rings (SSSR count). The normalized spacial score (nSPS) is 15.8. The first-order chi connectivity index (χ1) is 14.7. The Morgan fingerprint density at radius 1 is 1.29 bits per heavy atom. The molecule has 0 N–H and O–H groups in total. The second-order valence-corrected chi connectivity index (χ2v) is 10.7. The Kier molecular flexibility index (Phi) is 7.18. The minimum Gasteiger partial charge on any atom is -0.497 e. The van der Waals surface area contributed by atoms with Crippen molar-refractivity contribution in [3.63, 3.8) is 0 Å². The average molecular weight is 464 g/mol. The maximum atomic E-state index is 12.4. The number of benzene rings is 1. The molecule has 0 radical (unpaired) electrons. The Hall–Kier alpha value is -2.64. The topological polar surface area (TPSA) is 98.0 Å². The Bertz CT molecular complexity index is 1200. The summed E-state index contributed by atoms with van der Waals surface area (Å²) >= 11 is 1.21. The van der Waals surface area contributed by atoms with E-state index in [-0.39, 0.29) is 6.54 Å². The summed E-state index contributed by atoms with van der Waals surface area (Å²) in [6.07, 6.45) is 7.15. The third-order valence-electron chi connectivity index (χ3n) is 5.18. The molecule has 0 atom stereocenters. The van der Waals surface area contributed by atoms with Crippen LogP contribution >= 0.6 is 11.3 Å². The number of methoxy groups -OCH3 is 1. The zero-order chi connectivity index (χ0) is 22.6. The number of ether oxygens (including phenoxy) is 1. The second-order valence-electron chi connectivity index (χ2n) is 7.61. The van der Waals surface area contributed by atoms with Crippen molar-refractivity contribution in [2.75, 3.05) is 31.7 Å². The van der Waals surface area contributed by atoms with Crippen LogP contribution in [0.4, 0.5) is 0 Å². The number of hydrogen-bond donors (Lipinski definition) is 0. The first-order valence-electron chi connectivity index (χ1n) is 9.89. The maximum absolute atomic E-state index is 12.4. The molecule has 1 aromatic carbocycles. The van der Waals surface area contributed by atoms with Crippen molar-refractivity contribution in [1.82, 2.24) is 9.47 Å². The summed E-state index contributed by atoms with van der Waals surface area (Å²) in [5.41, 5.74) is 0.771. The molecule has 0 spiro atoms. The van der Waals surface area contributed by atoms with Gasteiger partial charge in [-0.2, -0.15) is 4.99 Å². The minimum atomic E-state index is -3.93. The molecule has 1 aliphatic heterocycles. The van der Waals surface area contributed by atoms with Gasteiger partial charge in [0.2, 0.25) is 5.91 Å². The van der Waals surface area contributed by atoms with Gasteiger partial charge in [0.15, 0.2) is 14.6 Å². The van der Waals surface area contributed by atoms with E-state index in [1.54, 1.807) is 34.8 Å². The smallest absolute Gasteiger partial charge is 0.263 e. The van der Waals surface area contributed by atoms with E-state index < -0.39 is 33.2 Å². The molecule has 1 aliphatic rings. The van der Waals surface area contributed by atoms with Crippen LogP contribution in [0, 0.1) is 18.3 Å². The van der Waals surface area contributed by atoms with Crippen molar-refractivity contribution in [1.29, 1.82) is 0 Å². The predicted molar refractivity (Wildman–Crippen MR) is 119 cm³/mol. The summed E-state index contributed by atoms with van der Waals surface area (Å²) in [5.74, 6) is 0.890. The van der Waals surface area contributed by atoms with E-state index in [1.807, 2.05) is 0 Å². The first-order valence-corrected chi connectivity index (χ1v) is 12.5. The van der Waals surface area contributed by atoms with Crippen LogP contribution in [-0.4, -0.2) is 61.4 Å². The molecule has 31 heavy (non-hydrogen) atoms. The van der Waals surface area contributed by atoms with Gasteiger partial charge in [0.05, 0.1) is 23.9 Å². The van der Waals surface area contributed by atoms with E-state index in [2.05, 4.69) is 17.8 Å². The van der Waals surface area contributed by atoms with E-state index in [0.29, 0.717) is 29.6 Å². The number of likely N-dealkylation sites (tertiary alicyclic amines) is 1. The number of hydrogen-bond acceptors (Lipinski definition) is 6. The fourth-order valence-electron chi connectivity index (χ4n) is 3.43. The predicted octanol–water partition coefficient (Wildman–Crippen LogP) is 1.45. The largest absolute Gasteiger partial charge is 0.497 e. The molecule has 2 amide bonds. The molecule has 2 aromatic rings. The Balaban J connectivity index is 1.78. The summed E-state index contributed by atoms with van der Waals surface area (Å²) in [6.45, 7) is 3.38. The van der Waals surface area contributed by atoms with Crippen LogP contribution in [0.25, 0.3) is 10.2 Å². The van der Waals surface area contributed by atoms with Crippen molar-refractivity contribution in [3.8, 4) is 18.1 Å². The molecular weight excluding hydrogens is 438 g/mol. The highest BCUT2D eigenvalue weighted by atomic mass is 32.2. The van der Waals surface area contributed by atoms with Crippen molar-refractivity contribution >= 4 is 43.2 Å². The van der Waals surface area contributed by atoms with E-state index in [9.17, 15) is 18.0 Å². The molecule has 10 heteroatoms. The molecule has 1 fully saturated rings. The van der Waals surface area contributed by atoms with Gasteiger partial charge in [0, 0.05) is 13.1 Å². The molecule has 0 aliphatic carbocycles. The number of rotatable bonds is 6. The van der Waals surface area contributed by atoms with Gasteiger partial charge in [-0.25, -0.2) is 8.42 Å². The molecule has 2 heterocycles. The fourth-order valence-corrected chi connectivity index (χ4v) is 5.60. The third kappa shape index (κ3) is 5.74. The number of fused-ring (bicyclic) bond motifs is 1. The number of piperidine rings is 1. The molecule has 166 valence electrons. The zero-order valence-corrected chi connectivity index (χ0v) is 19.2. The number of thiazole rings is 1. The molecule has 0 unspecified atom stereocenters. The molecular formula is C21H25N3O5S2. The van der Waals surface area contributed by atoms with Crippen molar-refractivity contribution in [2.24, 2.45) is 10.9 Å². The second kappa shape index (κ2) is 9.66. The van der Waals surface area contributed by atoms with E-state index in [0.717, 1.165) is 23.1 Å². The van der Waals surface area contributed by atoms with Gasteiger partial charge in [-0.1, -0.05) is 24.2 Å². The van der Waals surface area contributed by atoms with Gasteiger partial charge >= 0.3 is 0 Å². The van der Waals surface area contributed by atoms with Crippen molar-refractivity contribution < 1.29 is 22.7 Å². The molecule has 0 saturated carbocycles. The van der Waals surface area contributed by atoms with E-state index in [4.69, 9.17) is 11.2 Å². The Morgan fingerprint density at radius 2 is 2.00 bits per heavy atom. The summed E-state index contributed by atoms with van der Waals surface area (Å²) in [5, 5.41) is 0. The molecule has 1 aromatic heterocycles. The number of carbonyl (C=O) groups is 2. The van der Waals surface area contributed by atoms with Crippen LogP contribution in [-0.2, 0) is 26.0 Å². The van der Waals surface area contributed by atoms with Crippen LogP contribution in [0.1, 0.15) is 19.8 Å². The van der Waals surface area contributed by atoms with E-state index in [1.165, 1.54) is 11.3 Å². The van der Waals surface area contributed by atoms with Gasteiger partial charge in [-0.15, -0.1) is 6.42 Å². The lowest BCUT2D eigenvalue weighted by Gasteiger charge is -2.30. The average Bonchev–Trinajstić information content (AvgIpc) is 3.03. The zero-order valence-electron chi connectivity index (χ0n) is 17.5. The SMILES string of the molecule is C#CCn1c(=NC(=O)CS(=O)(=O)CC(=O)N2CCC(C)CC2)sc2cc(OC)ccc21. The highest BCUT2D eigenvalue weighted by Crippen LogP contribution is 2.23. The summed E-state index contributed by atoms with van der Waals surface area (Å²) in [4.78, 5) is 30.6. The van der Waals surface area contributed by atoms with Crippen molar-refractivity contribution in [3.05, 3.63) is 23.0 Å². The van der Waals surface area contributed by atoms with Gasteiger partial charge in [0.1, 0.15) is 17.3 Å². The number of aromatic nitrogens is 1.